The van der Waals surface area contributed by atoms with E-state index in [4.69, 9.17) is 0 Å². The molecule has 0 spiro atoms. The maximum Gasteiger partial charge on any atom is 0.0373 e. The van der Waals surface area contributed by atoms with Gasteiger partial charge in [0.15, 0.2) is 0 Å². The molecule has 0 bridgehead atoms. The number of rotatable bonds is 3. The predicted molar refractivity (Wildman–Crippen MR) is 72.3 cm³/mol. The molecule has 0 unspecified atom stereocenters. The Morgan fingerprint density at radius 3 is 2.94 bits per heavy atom. The quantitative estimate of drug-likeness (QED) is 0.834. The molecule has 1 heterocycles. The van der Waals surface area contributed by atoms with Gasteiger partial charge in [0, 0.05) is 24.3 Å². The SMILES string of the molecule is CC1(NCc2ccc3c(c2)CCN3)CCCC1. The molecule has 3 rings (SSSR count). The smallest absolute Gasteiger partial charge is 0.0373 e. The molecular formula is C15H22N2. The summed E-state index contributed by atoms with van der Waals surface area (Å²) in [7, 11) is 0. The fourth-order valence-corrected chi connectivity index (χ4v) is 3.12. The van der Waals surface area contributed by atoms with E-state index in [0.717, 1.165) is 13.1 Å². The van der Waals surface area contributed by atoms with Crippen molar-refractivity contribution in [2.75, 3.05) is 11.9 Å². The minimum atomic E-state index is 0.386. The van der Waals surface area contributed by atoms with Crippen LogP contribution >= 0.6 is 0 Å². The molecule has 92 valence electrons. The van der Waals surface area contributed by atoms with E-state index >= 15 is 0 Å². The third-order valence-corrected chi connectivity index (χ3v) is 4.31. The second-order valence-electron chi connectivity index (χ2n) is 5.79. The summed E-state index contributed by atoms with van der Waals surface area (Å²) in [5, 5.41) is 7.16. The molecule has 0 saturated heterocycles. The molecule has 2 nitrogen and oxygen atoms in total. The van der Waals surface area contributed by atoms with Crippen LogP contribution in [0.1, 0.15) is 43.7 Å². The molecule has 0 atom stereocenters. The van der Waals surface area contributed by atoms with Gasteiger partial charge in [-0.05, 0) is 43.4 Å². The third-order valence-electron chi connectivity index (χ3n) is 4.31. The van der Waals surface area contributed by atoms with Crippen LogP contribution < -0.4 is 10.6 Å². The van der Waals surface area contributed by atoms with E-state index in [2.05, 4.69) is 35.8 Å². The Labute approximate surface area is 104 Å². The van der Waals surface area contributed by atoms with Gasteiger partial charge in [-0.3, -0.25) is 0 Å². The highest BCUT2D eigenvalue weighted by Gasteiger charge is 2.27. The zero-order chi connectivity index (χ0) is 11.7. The lowest BCUT2D eigenvalue weighted by molar-refractivity contribution is 0.362. The van der Waals surface area contributed by atoms with Gasteiger partial charge < -0.3 is 10.6 Å². The second-order valence-corrected chi connectivity index (χ2v) is 5.79. The van der Waals surface area contributed by atoms with Gasteiger partial charge in [-0.2, -0.15) is 0 Å². The van der Waals surface area contributed by atoms with Crippen molar-refractivity contribution in [2.24, 2.45) is 0 Å². The number of anilines is 1. The Bertz CT molecular complexity index is 405. The van der Waals surface area contributed by atoms with Crippen LogP contribution in [0.5, 0.6) is 0 Å². The Hall–Kier alpha value is -1.02. The molecule has 1 aliphatic heterocycles. The summed E-state index contributed by atoms with van der Waals surface area (Å²) in [6, 6.07) is 6.85. The number of hydrogen-bond donors (Lipinski definition) is 2. The Kier molecular flexibility index (Phi) is 2.83. The summed E-state index contributed by atoms with van der Waals surface area (Å²) < 4.78 is 0. The summed E-state index contributed by atoms with van der Waals surface area (Å²) in [5.74, 6) is 0. The summed E-state index contributed by atoms with van der Waals surface area (Å²) in [6.07, 6.45) is 6.62. The van der Waals surface area contributed by atoms with Crippen molar-refractivity contribution in [1.82, 2.24) is 5.32 Å². The number of benzene rings is 1. The molecular weight excluding hydrogens is 208 g/mol. The van der Waals surface area contributed by atoms with Crippen molar-refractivity contribution in [3.8, 4) is 0 Å². The van der Waals surface area contributed by atoms with Gasteiger partial charge in [-0.15, -0.1) is 0 Å². The van der Waals surface area contributed by atoms with Gasteiger partial charge in [-0.25, -0.2) is 0 Å². The molecule has 1 aromatic rings. The first-order valence-corrected chi connectivity index (χ1v) is 6.86. The van der Waals surface area contributed by atoms with Crippen molar-refractivity contribution in [2.45, 2.75) is 51.1 Å². The first-order valence-electron chi connectivity index (χ1n) is 6.86. The molecule has 0 radical (unpaired) electrons. The van der Waals surface area contributed by atoms with Crippen LogP contribution in [0.2, 0.25) is 0 Å². The van der Waals surface area contributed by atoms with Crippen LogP contribution in [0, 0.1) is 0 Å². The monoisotopic (exact) mass is 230 g/mol. The van der Waals surface area contributed by atoms with Crippen LogP contribution in [0.3, 0.4) is 0 Å². The average molecular weight is 230 g/mol. The minimum Gasteiger partial charge on any atom is -0.384 e. The lowest BCUT2D eigenvalue weighted by atomic mass is 10.00. The lowest BCUT2D eigenvalue weighted by Crippen LogP contribution is -2.38. The third kappa shape index (κ3) is 2.32. The molecule has 0 aromatic heterocycles. The Morgan fingerprint density at radius 1 is 1.29 bits per heavy atom. The minimum absolute atomic E-state index is 0.386. The van der Waals surface area contributed by atoms with E-state index in [-0.39, 0.29) is 0 Å². The molecule has 1 aliphatic carbocycles. The van der Waals surface area contributed by atoms with E-state index in [1.54, 1.807) is 0 Å². The number of nitrogens with one attached hydrogen (secondary N) is 2. The molecule has 1 fully saturated rings. The first-order chi connectivity index (χ1) is 8.25. The maximum atomic E-state index is 3.75. The fourth-order valence-electron chi connectivity index (χ4n) is 3.12. The molecule has 1 saturated carbocycles. The average Bonchev–Trinajstić information content (AvgIpc) is 2.95. The van der Waals surface area contributed by atoms with Crippen molar-refractivity contribution in [1.29, 1.82) is 0 Å². The second kappa shape index (κ2) is 4.34. The van der Waals surface area contributed by atoms with Crippen molar-refractivity contribution in [3.63, 3.8) is 0 Å². The van der Waals surface area contributed by atoms with E-state index < -0.39 is 0 Å². The highest BCUT2D eigenvalue weighted by Crippen LogP contribution is 2.29. The summed E-state index contributed by atoms with van der Waals surface area (Å²) in [6.45, 7) is 4.49. The topological polar surface area (TPSA) is 24.1 Å². The van der Waals surface area contributed by atoms with Crippen LogP contribution in [-0.2, 0) is 13.0 Å². The van der Waals surface area contributed by atoms with E-state index in [0.29, 0.717) is 5.54 Å². The molecule has 1 aromatic carbocycles. The van der Waals surface area contributed by atoms with Gasteiger partial charge in [0.1, 0.15) is 0 Å². The molecule has 2 heteroatoms. The highest BCUT2D eigenvalue weighted by atomic mass is 15.0. The van der Waals surface area contributed by atoms with E-state index in [9.17, 15) is 0 Å². The van der Waals surface area contributed by atoms with Gasteiger partial charge in [0.2, 0.25) is 0 Å². The zero-order valence-corrected chi connectivity index (χ0v) is 10.7. The molecule has 2 N–H and O–H groups in total. The van der Waals surface area contributed by atoms with Crippen molar-refractivity contribution < 1.29 is 0 Å². The summed E-state index contributed by atoms with van der Waals surface area (Å²) >= 11 is 0. The lowest BCUT2D eigenvalue weighted by Gasteiger charge is -2.25. The largest absolute Gasteiger partial charge is 0.384 e. The molecule has 0 amide bonds. The van der Waals surface area contributed by atoms with Gasteiger partial charge in [0.05, 0.1) is 0 Å². The Morgan fingerprint density at radius 2 is 2.12 bits per heavy atom. The normalized spacial score (nSPS) is 21.2. The molecule has 2 aliphatic rings. The number of fused-ring (bicyclic) bond motifs is 1. The standard InChI is InChI=1S/C15H22N2/c1-15(7-2-3-8-15)17-11-12-4-5-14-13(10-12)6-9-16-14/h4-5,10,16-17H,2-3,6-9,11H2,1H3. The van der Waals surface area contributed by atoms with E-state index in [1.165, 1.54) is 48.9 Å². The van der Waals surface area contributed by atoms with E-state index in [1.807, 2.05) is 0 Å². The van der Waals surface area contributed by atoms with Crippen LogP contribution in [0.25, 0.3) is 0 Å². The van der Waals surface area contributed by atoms with Crippen LogP contribution in [0.4, 0.5) is 5.69 Å². The summed E-state index contributed by atoms with van der Waals surface area (Å²) in [4.78, 5) is 0. The van der Waals surface area contributed by atoms with Crippen molar-refractivity contribution >= 4 is 5.69 Å². The van der Waals surface area contributed by atoms with Gasteiger partial charge >= 0.3 is 0 Å². The summed E-state index contributed by atoms with van der Waals surface area (Å²) in [5.41, 5.74) is 4.64. The van der Waals surface area contributed by atoms with Crippen LogP contribution in [-0.4, -0.2) is 12.1 Å². The maximum absolute atomic E-state index is 3.75. The van der Waals surface area contributed by atoms with Gasteiger partial charge in [-0.1, -0.05) is 25.0 Å². The fraction of sp³-hybridized carbons (Fsp3) is 0.600. The predicted octanol–water partition coefficient (Wildman–Crippen LogP) is 3.08. The zero-order valence-electron chi connectivity index (χ0n) is 10.7. The van der Waals surface area contributed by atoms with Gasteiger partial charge in [0.25, 0.3) is 0 Å². The Balaban J connectivity index is 1.65. The van der Waals surface area contributed by atoms with Crippen molar-refractivity contribution in [3.05, 3.63) is 29.3 Å². The molecule has 17 heavy (non-hydrogen) atoms. The first kappa shape index (κ1) is 11.1. The highest BCUT2D eigenvalue weighted by molar-refractivity contribution is 5.56. The van der Waals surface area contributed by atoms with Crippen LogP contribution in [0.15, 0.2) is 18.2 Å². The number of hydrogen-bond acceptors (Lipinski definition) is 2.